The molecule has 1 aliphatic carbocycles. The molecular formula is C21H18ClFN8O2S. The van der Waals surface area contributed by atoms with Crippen molar-refractivity contribution in [2.75, 3.05) is 0 Å². The highest BCUT2D eigenvalue weighted by Gasteiger charge is 2.25. The maximum Gasteiger partial charge on any atom is 0.260 e. The van der Waals surface area contributed by atoms with Crippen molar-refractivity contribution >= 4 is 32.8 Å². The number of imidazole rings is 2. The van der Waals surface area contributed by atoms with Crippen molar-refractivity contribution in [1.82, 2.24) is 38.5 Å². The first kappa shape index (κ1) is 21.2. The number of halogens is 2. The van der Waals surface area contributed by atoms with Gasteiger partial charge in [0.2, 0.25) is 0 Å². The predicted molar refractivity (Wildman–Crippen MR) is 120 cm³/mol. The molecule has 5 heterocycles. The fourth-order valence-corrected chi connectivity index (χ4v) is 5.14. The minimum absolute atomic E-state index is 0.139. The van der Waals surface area contributed by atoms with Crippen LogP contribution < -0.4 is 4.72 Å². The van der Waals surface area contributed by atoms with E-state index in [1.54, 1.807) is 10.9 Å². The first-order valence-corrected chi connectivity index (χ1v) is 12.4. The number of fused-ring (bicyclic) bond motifs is 2. The van der Waals surface area contributed by atoms with Crippen LogP contribution in [0.4, 0.5) is 4.39 Å². The van der Waals surface area contributed by atoms with Crippen LogP contribution in [-0.2, 0) is 23.1 Å². The number of aromatic nitrogens is 7. The highest BCUT2D eigenvalue weighted by atomic mass is 35.5. The summed E-state index contributed by atoms with van der Waals surface area (Å²) in [5, 5.41) is 7.44. The molecule has 0 aromatic carbocycles. The van der Waals surface area contributed by atoms with Crippen LogP contribution in [0.1, 0.15) is 35.7 Å². The minimum Gasteiger partial charge on any atom is -0.306 e. The Kier molecular flexibility index (Phi) is 4.90. The number of pyridine rings is 2. The summed E-state index contributed by atoms with van der Waals surface area (Å²) in [6.07, 6.45) is 10.8. The van der Waals surface area contributed by atoms with E-state index in [-0.39, 0.29) is 17.1 Å². The molecule has 1 fully saturated rings. The van der Waals surface area contributed by atoms with E-state index in [0.29, 0.717) is 18.2 Å². The summed E-state index contributed by atoms with van der Waals surface area (Å²) in [6.45, 7) is 0.245. The van der Waals surface area contributed by atoms with Crippen molar-refractivity contribution in [2.45, 2.75) is 36.9 Å². The zero-order valence-electron chi connectivity index (χ0n) is 17.6. The van der Waals surface area contributed by atoms with Gasteiger partial charge < -0.3 is 8.80 Å². The third-order valence-electron chi connectivity index (χ3n) is 5.74. The third kappa shape index (κ3) is 3.83. The van der Waals surface area contributed by atoms with Crippen molar-refractivity contribution < 1.29 is 12.8 Å². The van der Waals surface area contributed by atoms with Gasteiger partial charge in [0.05, 0.1) is 35.7 Å². The number of sulfonamides is 1. The smallest absolute Gasteiger partial charge is 0.260 e. The van der Waals surface area contributed by atoms with E-state index in [2.05, 4.69) is 37.3 Å². The molecule has 0 spiro atoms. The Morgan fingerprint density at radius 3 is 2.79 bits per heavy atom. The van der Waals surface area contributed by atoms with Crippen LogP contribution >= 0.6 is 11.6 Å². The second kappa shape index (κ2) is 7.86. The molecule has 13 heteroatoms. The van der Waals surface area contributed by atoms with Crippen molar-refractivity contribution in [1.29, 1.82) is 0 Å². The Hall–Kier alpha value is -3.35. The van der Waals surface area contributed by atoms with Crippen molar-refractivity contribution in [3.8, 4) is 0 Å². The van der Waals surface area contributed by atoms with Crippen LogP contribution in [0, 0.1) is 5.82 Å². The number of hydrogen-bond donors (Lipinski definition) is 1. The summed E-state index contributed by atoms with van der Waals surface area (Å²) in [6, 6.07) is 5.45. The summed E-state index contributed by atoms with van der Waals surface area (Å²) in [7, 11) is -4.13. The molecule has 0 unspecified atom stereocenters. The average molecular weight is 501 g/mol. The SMILES string of the molecule is O=S(=O)(NCc1cn(Cc2cn3cc(C4CC4)ccc3n2)nn1)c1ncn2ccc(Cl)c(F)c12. The Balaban J connectivity index is 1.17. The van der Waals surface area contributed by atoms with Crippen LogP contribution in [0.25, 0.3) is 11.2 Å². The first-order chi connectivity index (χ1) is 16.4. The van der Waals surface area contributed by atoms with Gasteiger partial charge in [-0.25, -0.2) is 32.2 Å². The molecule has 0 saturated heterocycles. The molecule has 6 rings (SSSR count). The van der Waals surface area contributed by atoms with Gasteiger partial charge in [-0.1, -0.05) is 22.9 Å². The lowest BCUT2D eigenvalue weighted by Crippen LogP contribution is -2.24. The van der Waals surface area contributed by atoms with E-state index in [4.69, 9.17) is 11.6 Å². The zero-order chi connectivity index (χ0) is 23.4. The topological polar surface area (TPSA) is 111 Å². The minimum atomic E-state index is -4.13. The largest absolute Gasteiger partial charge is 0.306 e. The molecule has 5 aromatic heterocycles. The van der Waals surface area contributed by atoms with Gasteiger partial charge in [0, 0.05) is 18.6 Å². The second-order valence-electron chi connectivity index (χ2n) is 8.25. The maximum atomic E-state index is 14.4. The van der Waals surface area contributed by atoms with Crippen LogP contribution in [0.15, 0.2) is 54.3 Å². The van der Waals surface area contributed by atoms with Gasteiger partial charge in [-0.15, -0.1) is 5.10 Å². The molecule has 1 aliphatic rings. The van der Waals surface area contributed by atoms with Gasteiger partial charge in [0.25, 0.3) is 10.0 Å². The summed E-state index contributed by atoms with van der Waals surface area (Å²) in [4.78, 5) is 8.45. The van der Waals surface area contributed by atoms with Crippen molar-refractivity contribution in [3.05, 3.63) is 77.1 Å². The molecule has 174 valence electrons. The quantitative estimate of drug-likeness (QED) is 0.368. The summed E-state index contributed by atoms with van der Waals surface area (Å²) in [5.74, 6) is -0.199. The van der Waals surface area contributed by atoms with Crippen LogP contribution in [0.3, 0.4) is 0 Å². The second-order valence-corrected chi connectivity index (χ2v) is 10.3. The van der Waals surface area contributed by atoms with Crippen molar-refractivity contribution in [2.24, 2.45) is 0 Å². The molecule has 0 bridgehead atoms. The lowest BCUT2D eigenvalue weighted by atomic mass is 10.2. The van der Waals surface area contributed by atoms with Crippen molar-refractivity contribution in [3.63, 3.8) is 0 Å². The number of nitrogens with zero attached hydrogens (tertiary/aromatic N) is 7. The highest BCUT2D eigenvalue weighted by molar-refractivity contribution is 7.89. The van der Waals surface area contributed by atoms with Gasteiger partial charge in [-0.2, -0.15) is 0 Å². The van der Waals surface area contributed by atoms with Crippen LogP contribution in [0.2, 0.25) is 5.02 Å². The molecule has 34 heavy (non-hydrogen) atoms. The Labute approximate surface area is 198 Å². The number of nitrogens with one attached hydrogen (secondary N) is 1. The monoisotopic (exact) mass is 500 g/mol. The van der Waals surface area contributed by atoms with E-state index in [9.17, 15) is 12.8 Å². The fourth-order valence-electron chi connectivity index (χ4n) is 3.89. The summed E-state index contributed by atoms with van der Waals surface area (Å²) < 4.78 is 47.2. The van der Waals surface area contributed by atoms with Gasteiger partial charge in [0.1, 0.15) is 17.5 Å². The lowest BCUT2D eigenvalue weighted by molar-refractivity contribution is 0.576. The molecule has 10 nitrogen and oxygen atoms in total. The molecule has 0 radical (unpaired) electrons. The Morgan fingerprint density at radius 2 is 1.97 bits per heavy atom. The normalized spacial score (nSPS) is 14.4. The van der Waals surface area contributed by atoms with Gasteiger partial charge in [-0.05, 0) is 36.5 Å². The molecule has 0 aliphatic heterocycles. The van der Waals surface area contributed by atoms with Gasteiger partial charge in [-0.3, -0.25) is 0 Å². The molecule has 0 atom stereocenters. The molecule has 5 aromatic rings. The zero-order valence-corrected chi connectivity index (χ0v) is 19.2. The maximum absolute atomic E-state index is 14.4. The van der Waals surface area contributed by atoms with E-state index in [1.807, 2.05) is 16.7 Å². The Morgan fingerprint density at radius 1 is 1.12 bits per heavy atom. The fraction of sp³-hybridized carbons (Fsp3) is 0.238. The number of hydrogen-bond acceptors (Lipinski definition) is 6. The molecule has 0 amide bonds. The van der Waals surface area contributed by atoms with E-state index >= 15 is 0 Å². The molecule has 1 N–H and O–H groups in total. The van der Waals surface area contributed by atoms with Gasteiger partial charge in [0.15, 0.2) is 10.8 Å². The third-order valence-corrected chi connectivity index (χ3v) is 7.36. The highest BCUT2D eigenvalue weighted by Crippen LogP contribution is 2.39. The molecule has 1 saturated carbocycles. The van der Waals surface area contributed by atoms with E-state index in [0.717, 1.165) is 11.3 Å². The van der Waals surface area contributed by atoms with Gasteiger partial charge >= 0.3 is 0 Å². The first-order valence-electron chi connectivity index (χ1n) is 10.5. The predicted octanol–water partition coefficient (Wildman–Crippen LogP) is 2.77. The number of rotatable bonds is 7. The average Bonchev–Trinajstić information content (AvgIpc) is 3.22. The standard InChI is InChI=1S/C21H18ClFN8O2S/c22-17-5-6-29-12-24-21(20(29)19(17)23)34(32,33)25-7-15-10-31(28-27-15)11-16-9-30-8-14(13-1-2-13)3-4-18(30)26-16/h3-6,8-10,12-13,25H,1-2,7,11H2. The molecular weight excluding hydrogens is 483 g/mol. The van der Waals surface area contributed by atoms with E-state index in [1.165, 1.54) is 41.4 Å². The lowest BCUT2D eigenvalue weighted by Gasteiger charge is -2.04. The van der Waals surface area contributed by atoms with Crippen LogP contribution in [0.5, 0.6) is 0 Å². The van der Waals surface area contributed by atoms with E-state index < -0.39 is 20.9 Å². The summed E-state index contributed by atoms with van der Waals surface area (Å²) >= 11 is 5.80. The Bertz CT molecular complexity index is 1650. The summed E-state index contributed by atoms with van der Waals surface area (Å²) in [5.41, 5.74) is 3.15. The van der Waals surface area contributed by atoms with Crippen LogP contribution in [-0.4, -0.2) is 42.2 Å².